The second kappa shape index (κ2) is 7.80. The third-order valence-electron chi connectivity index (χ3n) is 2.21. The Hall–Kier alpha value is -0.570. The summed E-state index contributed by atoms with van der Waals surface area (Å²) in [5.74, 6) is -0.262. The number of nitrogens with two attached hydrogens (primary N) is 1. The fourth-order valence-corrected chi connectivity index (χ4v) is 1.45. The van der Waals surface area contributed by atoms with E-state index in [1.807, 2.05) is 13.8 Å². The van der Waals surface area contributed by atoms with Crippen molar-refractivity contribution < 1.29 is 9.53 Å². The summed E-state index contributed by atoms with van der Waals surface area (Å²) in [6.45, 7) is 5.66. The molecule has 3 heteroatoms. The van der Waals surface area contributed by atoms with Crippen LogP contribution in [-0.2, 0) is 9.53 Å². The summed E-state index contributed by atoms with van der Waals surface area (Å²) in [5.41, 5.74) is 5.38. The molecule has 0 bridgehead atoms. The van der Waals surface area contributed by atoms with E-state index >= 15 is 0 Å². The summed E-state index contributed by atoms with van der Waals surface area (Å²) in [7, 11) is 0. The Morgan fingerprint density at radius 3 is 2.21 bits per heavy atom. The Balaban J connectivity index is 0.000000791. The monoisotopic (exact) mass is 201 g/mol. The number of rotatable bonds is 2. The molecule has 0 saturated heterocycles. The molecule has 1 unspecified atom stereocenters. The first-order valence-corrected chi connectivity index (χ1v) is 5.66. The first kappa shape index (κ1) is 13.4. The van der Waals surface area contributed by atoms with E-state index in [1.165, 1.54) is 19.3 Å². The Morgan fingerprint density at radius 1 is 1.29 bits per heavy atom. The molecule has 0 aromatic heterocycles. The van der Waals surface area contributed by atoms with Crippen molar-refractivity contribution in [3.8, 4) is 0 Å². The first-order valence-electron chi connectivity index (χ1n) is 5.66. The fourth-order valence-electron chi connectivity index (χ4n) is 1.45. The first-order chi connectivity index (χ1) is 6.70. The lowest BCUT2D eigenvalue weighted by Gasteiger charge is -2.22. The van der Waals surface area contributed by atoms with Crippen molar-refractivity contribution in [1.29, 1.82) is 0 Å². The van der Waals surface area contributed by atoms with Crippen molar-refractivity contribution in [3.05, 3.63) is 0 Å². The predicted molar refractivity (Wildman–Crippen MR) is 58.0 cm³/mol. The van der Waals surface area contributed by atoms with E-state index in [2.05, 4.69) is 0 Å². The van der Waals surface area contributed by atoms with E-state index in [0.29, 0.717) is 0 Å². The Bertz CT molecular complexity index is 151. The van der Waals surface area contributed by atoms with E-state index in [9.17, 15) is 4.79 Å². The zero-order valence-corrected chi connectivity index (χ0v) is 9.58. The van der Waals surface area contributed by atoms with Crippen LogP contribution in [-0.4, -0.2) is 18.1 Å². The number of hydrogen-bond acceptors (Lipinski definition) is 3. The van der Waals surface area contributed by atoms with Gasteiger partial charge < -0.3 is 10.5 Å². The molecule has 1 aliphatic carbocycles. The zero-order valence-electron chi connectivity index (χ0n) is 9.58. The van der Waals surface area contributed by atoms with Crippen LogP contribution in [0.5, 0.6) is 0 Å². The van der Waals surface area contributed by atoms with Gasteiger partial charge >= 0.3 is 5.97 Å². The molecule has 84 valence electrons. The predicted octanol–water partition coefficient (Wildman–Crippen LogP) is 2.24. The van der Waals surface area contributed by atoms with Crippen LogP contribution in [0.4, 0.5) is 0 Å². The lowest BCUT2D eigenvalue weighted by molar-refractivity contribution is -0.151. The largest absolute Gasteiger partial charge is 0.461 e. The number of hydrogen-bond donors (Lipinski definition) is 1. The second-order valence-corrected chi connectivity index (χ2v) is 3.49. The smallest absolute Gasteiger partial charge is 0.322 e. The molecule has 0 amide bonds. The second-order valence-electron chi connectivity index (χ2n) is 3.49. The van der Waals surface area contributed by atoms with Crippen LogP contribution < -0.4 is 5.73 Å². The maximum Gasteiger partial charge on any atom is 0.322 e. The average molecular weight is 201 g/mol. The van der Waals surface area contributed by atoms with Gasteiger partial charge in [-0.3, -0.25) is 4.79 Å². The Kier molecular flexibility index (Phi) is 7.48. The van der Waals surface area contributed by atoms with Gasteiger partial charge in [0.25, 0.3) is 0 Å². The van der Waals surface area contributed by atoms with Crippen LogP contribution in [0.3, 0.4) is 0 Å². The highest BCUT2D eigenvalue weighted by molar-refractivity contribution is 5.75. The summed E-state index contributed by atoms with van der Waals surface area (Å²) in [5, 5.41) is 0. The van der Waals surface area contributed by atoms with Crippen molar-refractivity contribution in [2.24, 2.45) is 5.73 Å². The van der Waals surface area contributed by atoms with E-state index in [0.717, 1.165) is 12.8 Å². The van der Waals surface area contributed by atoms with Crippen molar-refractivity contribution >= 4 is 5.97 Å². The lowest BCUT2D eigenvalue weighted by atomic mass is 9.98. The molecule has 1 rings (SSSR count). The molecule has 0 aromatic rings. The van der Waals surface area contributed by atoms with Gasteiger partial charge in [-0.1, -0.05) is 20.3 Å². The molecule has 3 nitrogen and oxygen atoms in total. The Morgan fingerprint density at radius 2 is 1.79 bits per heavy atom. The standard InChI is InChI=1S/C9H17NO2.C2H6/c1-7(10)9(11)12-8-5-3-2-4-6-8;1-2/h7-8H,2-6,10H2,1H3;1-2H3. The van der Waals surface area contributed by atoms with Crippen LogP contribution >= 0.6 is 0 Å². The molecule has 1 aliphatic rings. The minimum Gasteiger partial charge on any atom is -0.461 e. The number of carbonyl (C=O) groups is 1. The molecule has 0 aromatic carbocycles. The summed E-state index contributed by atoms with van der Waals surface area (Å²) in [6.07, 6.45) is 5.79. The molecule has 2 N–H and O–H groups in total. The highest BCUT2D eigenvalue weighted by Crippen LogP contribution is 2.20. The van der Waals surface area contributed by atoms with Gasteiger partial charge in [-0.25, -0.2) is 0 Å². The Labute approximate surface area is 87.0 Å². The highest BCUT2D eigenvalue weighted by atomic mass is 16.5. The number of esters is 1. The van der Waals surface area contributed by atoms with Crippen LogP contribution in [0.1, 0.15) is 52.9 Å². The lowest BCUT2D eigenvalue weighted by Crippen LogP contribution is -2.32. The molecule has 1 fully saturated rings. The molecule has 0 heterocycles. The molecule has 14 heavy (non-hydrogen) atoms. The number of ether oxygens (including phenoxy) is 1. The molecule has 1 saturated carbocycles. The quantitative estimate of drug-likeness (QED) is 0.697. The van der Waals surface area contributed by atoms with Gasteiger partial charge in [-0.15, -0.1) is 0 Å². The van der Waals surface area contributed by atoms with Crippen molar-refractivity contribution in [2.75, 3.05) is 0 Å². The molecular weight excluding hydrogens is 178 g/mol. The van der Waals surface area contributed by atoms with Crippen molar-refractivity contribution in [2.45, 2.75) is 65.0 Å². The van der Waals surface area contributed by atoms with Crippen molar-refractivity contribution in [1.82, 2.24) is 0 Å². The third kappa shape index (κ3) is 5.22. The SMILES string of the molecule is CC.CC(N)C(=O)OC1CCCCC1. The topological polar surface area (TPSA) is 52.3 Å². The van der Waals surface area contributed by atoms with Gasteiger partial charge in [0.15, 0.2) is 0 Å². The summed E-state index contributed by atoms with van der Waals surface area (Å²) in [4.78, 5) is 11.1. The summed E-state index contributed by atoms with van der Waals surface area (Å²) in [6, 6.07) is -0.480. The van der Waals surface area contributed by atoms with Gasteiger partial charge in [-0.2, -0.15) is 0 Å². The molecule has 1 atom stereocenters. The van der Waals surface area contributed by atoms with Gasteiger partial charge in [0.2, 0.25) is 0 Å². The van der Waals surface area contributed by atoms with E-state index in [-0.39, 0.29) is 12.1 Å². The average Bonchev–Trinajstić information content (AvgIpc) is 2.22. The van der Waals surface area contributed by atoms with E-state index < -0.39 is 6.04 Å². The van der Waals surface area contributed by atoms with E-state index in [1.54, 1.807) is 6.92 Å². The molecule has 0 radical (unpaired) electrons. The minimum absolute atomic E-state index is 0.136. The zero-order chi connectivity index (χ0) is 11.0. The van der Waals surface area contributed by atoms with Crippen molar-refractivity contribution in [3.63, 3.8) is 0 Å². The van der Waals surface area contributed by atoms with Gasteiger partial charge in [0, 0.05) is 0 Å². The number of carbonyl (C=O) groups excluding carboxylic acids is 1. The van der Waals surface area contributed by atoms with Crippen LogP contribution in [0.25, 0.3) is 0 Å². The van der Waals surface area contributed by atoms with Gasteiger partial charge in [-0.05, 0) is 32.6 Å². The fraction of sp³-hybridized carbons (Fsp3) is 0.909. The molecule has 0 aliphatic heterocycles. The highest BCUT2D eigenvalue weighted by Gasteiger charge is 2.19. The summed E-state index contributed by atoms with van der Waals surface area (Å²) >= 11 is 0. The molecular formula is C11H23NO2. The molecule has 0 spiro atoms. The van der Waals surface area contributed by atoms with Crippen LogP contribution in [0.2, 0.25) is 0 Å². The van der Waals surface area contributed by atoms with Crippen LogP contribution in [0, 0.1) is 0 Å². The van der Waals surface area contributed by atoms with Gasteiger partial charge in [0.1, 0.15) is 12.1 Å². The minimum atomic E-state index is -0.480. The van der Waals surface area contributed by atoms with E-state index in [4.69, 9.17) is 10.5 Å². The third-order valence-corrected chi connectivity index (χ3v) is 2.21. The summed E-state index contributed by atoms with van der Waals surface area (Å²) < 4.78 is 5.19. The maximum atomic E-state index is 11.1. The van der Waals surface area contributed by atoms with Crippen LogP contribution in [0.15, 0.2) is 0 Å². The van der Waals surface area contributed by atoms with Gasteiger partial charge in [0.05, 0.1) is 0 Å². The maximum absolute atomic E-state index is 11.1. The normalized spacial score (nSPS) is 19.1.